The lowest BCUT2D eigenvalue weighted by Gasteiger charge is -2.29. The van der Waals surface area contributed by atoms with Crippen molar-refractivity contribution in [2.75, 3.05) is 18.0 Å². The fourth-order valence-electron chi connectivity index (χ4n) is 1.84. The second-order valence-corrected chi connectivity index (χ2v) is 4.07. The van der Waals surface area contributed by atoms with Gasteiger partial charge in [0.15, 0.2) is 11.5 Å². The molecule has 0 bridgehead atoms. The molecular formula is C12H14N4. The molecule has 0 N–H and O–H groups in total. The highest BCUT2D eigenvalue weighted by Gasteiger charge is 2.18. The summed E-state index contributed by atoms with van der Waals surface area (Å²) in [6.07, 6.45) is 4.23. The van der Waals surface area contributed by atoms with Gasteiger partial charge in [0.2, 0.25) is 0 Å². The zero-order chi connectivity index (χ0) is 11.5. The molecule has 2 heterocycles. The van der Waals surface area contributed by atoms with Crippen LogP contribution in [-0.2, 0) is 0 Å². The number of aromatic nitrogens is 2. The monoisotopic (exact) mass is 214 g/mol. The quantitative estimate of drug-likeness (QED) is 0.670. The van der Waals surface area contributed by atoms with E-state index >= 15 is 0 Å². The Bertz CT molecular complexity index is 470. The fraction of sp³-hybridized carbons (Fsp3) is 0.417. The molecule has 4 nitrogen and oxygen atoms in total. The van der Waals surface area contributed by atoms with Gasteiger partial charge in [-0.15, -0.1) is 0 Å². The Kier molecular flexibility index (Phi) is 2.86. The van der Waals surface area contributed by atoms with Gasteiger partial charge < -0.3 is 4.90 Å². The molecule has 1 aliphatic heterocycles. The van der Waals surface area contributed by atoms with Crippen molar-refractivity contribution in [2.24, 2.45) is 0 Å². The fourth-order valence-corrected chi connectivity index (χ4v) is 1.84. The molecular weight excluding hydrogens is 200 g/mol. The summed E-state index contributed by atoms with van der Waals surface area (Å²) in [5.74, 6) is 0.705. The van der Waals surface area contributed by atoms with Crippen molar-refractivity contribution in [2.45, 2.75) is 20.3 Å². The first kappa shape index (κ1) is 10.6. The average molecular weight is 214 g/mol. The normalized spacial score (nSPS) is 16.2. The second-order valence-electron chi connectivity index (χ2n) is 4.07. The average Bonchev–Trinajstić information content (AvgIpc) is 2.32. The number of nitrogens with zero attached hydrogens (tertiary/aromatic N) is 4. The van der Waals surface area contributed by atoms with Crippen LogP contribution in [0, 0.1) is 11.3 Å². The van der Waals surface area contributed by atoms with E-state index in [0.29, 0.717) is 11.5 Å². The zero-order valence-corrected chi connectivity index (χ0v) is 9.56. The molecule has 0 fully saturated rings. The molecule has 1 aromatic rings. The molecule has 0 radical (unpaired) electrons. The van der Waals surface area contributed by atoms with Crippen molar-refractivity contribution in [3.8, 4) is 6.07 Å². The summed E-state index contributed by atoms with van der Waals surface area (Å²) in [4.78, 5) is 10.4. The van der Waals surface area contributed by atoms with Crippen LogP contribution in [0.3, 0.4) is 0 Å². The van der Waals surface area contributed by atoms with E-state index in [2.05, 4.69) is 34.8 Å². The van der Waals surface area contributed by atoms with E-state index in [9.17, 15) is 0 Å². The van der Waals surface area contributed by atoms with Crippen molar-refractivity contribution in [3.63, 3.8) is 0 Å². The molecule has 82 valence electrons. The minimum absolute atomic E-state index is 0.412. The number of nitriles is 1. The Morgan fingerprint density at radius 1 is 1.25 bits per heavy atom. The first-order valence-corrected chi connectivity index (χ1v) is 5.33. The Labute approximate surface area is 95.2 Å². The summed E-state index contributed by atoms with van der Waals surface area (Å²) in [7, 11) is 0. The molecule has 0 atom stereocenters. The summed E-state index contributed by atoms with van der Waals surface area (Å²) in [5, 5.41) is 8.98. The van der Waals surface area contributed by atoms with Crippen LogP contribution in [-0.4, -0.2) is 23.1 Å². The van der Waals surface area contributed by atoms with E-state index in [0.717, 1.165) is 19.5 Å². The third-order valence-corrected chi connectivity index (χ3v) is 3.00. The molecule has 0 aromatic carbocycles. The predicted molar refractivity (Wildman–Crippen MR) is 62.0 cm³/mol. The molecule has 1 aromatic heterocycles. The summed E-state index contributed by atoms with van der Waals surface area (Å²) < 4.78 is 0. The van der Waals surface area contributed by atoms with Crippen LogP contribution in [0.15, 0.2) is 23.5 Å². The molecule has 1 aliphatic rings. The second kappa shape index (κ2) is 4.31. The minimum atomic E-state index is 0.412. The third kappa shape index (κ3) is 1.89. The smallest absolute Gasteiger partial charge is 0.183 e. The van der Waals surface area contributed by atoms with E-state index < -0.39 is 0 Å². The van der Waals surface area contributed by atoms with Gasteiger partial charge in [0.05, 0.1) is 0 Å². The van der Waals surface area contributed by atoms with Gasteiger partial charge in [0, 0.05) is 25.5 Å². The zero-order valence-electron chi connectivity index (χ0n) is 9.56. The van der Waals surface area contributed by atoms with Crippen molar-refractivity contribution in [1.29, 1.82) is 5.26 Å². The van der Waals surface area contributed by atoms with E-state index in [1.807, 2.05) is 0 Å². The molecule has 4 heteroatoms. The number of anilines is 1. The van der Waals surface area contributed by atoms with Gasteiger partial charge >= 0.3 is 0 Å². The van der Waals surface area contributed by atoms with E-state index in [1.165, 1.54) is 11.1 Å². The highest BCUT2D eigenvalue weighted by atomic mass is 15.2. The van der Waals surface area contributed by atoms with Crippen LogP contribution in [0.1, 0.15) is 26.0 Å². The Morgan fingerprint density at radius 2 is 2.00 bits per heavy atom. The molecule has 0 amide bonds. The van der Waals surface area contributed by atoms with Crippen molar-refractivity contribution >= 4 is 5.82 Å². The molecule has 16 heavy (non-hydrogen) atoms. The van der Waals surface area contributed by atoms with Crippen LogP contribution in [0.5, 0.6) is 0 Å². The van der Waals surface area contributed by atoms with Crippen LogP contribution < -0.4 is 4.90 Å². The summed E-state index contributed by atoms with van der Waals surface area (Å²) in [6, 6.07) is 2.09. The number of hydrogen-bond acceptors (Lipinski definition) is 4. The summed E-state index contributed by atoms with van der Waals surface area (Å²) in [6.45, 7) is 6.05. The highest BCUT2D eigenvalue weighted by Crippen LogP contribution is 2.22. The van der Waals surface area contributed by atoms with Gasteiger partial charge in [-0.2, -0.15) is 5.26 Å². The first-order chi connectivity index (χ1) is 7.72. The third-order valence-electron chi connectivity index (χ3n) is 3.00. The van der Waals surface area contributed by atoms with Crippen LogP contribution in [0.25, 0.3) is 0 Å². The SMILES string of the molecule is CC1=C(C)CN(c2nccnc2C#N)CC1. The van der Waals surface area contributed by atoms with Gasteiger partial charge in [0.1, 0.15) is 6.07 Å². The van der Waals surface area contributed by atoms with Gasteiger partial charge in [-0.3, -0.25) is 0 Å². The lowest BCUT2D eigenvalue weighted by molar-refractivity contribution is 0.742. The highest BCUT2D eigenvalue weighted by molar-refractivity contribution is 5.51. The summed E-state index contributed by atoms with van der Waals surface area (Å²) in [5.41, 5.74) is 3.22. The van der Waals surface area contributed by atoms with E-state index in [-0.39, 0.29) is 0 Å². The van der Waals surface area contributed by atoms with Crippen molar-refractivity contribution < 1.29 is 0 Å². The lowest BCUT2D eigenvalue weighted by atomic mass is 10.0. The van der Waals surface area contributed by atoms with Gasteiger partial charge in [-0.1, -0.05) is 11.1 Å². The van der Waals surface area contributed by atoms with Crippen LogP contribution >= 0.6 is 0 Å². The van der Waals surface area contributed by atoms with E-state index in [1.54, 1.807) is 12.4 Å². The van der Waals surface area contributed by atoms with Crippen LogP contribution in [0.2, 0.25) is 0 Å². The van der Waals surface area contributed by atoms with Crippen molar-refractivity contribution in [3.05, 3.63) is 29.2 Å². The van der Waals surface area contributed by atoms with Crippen molar-refractivity contribution in [1.82, 2.24) is 9.97 Å². The molecule has 0 unspecified atom stereocenters. The standard InChI is InChI=1S/C12H14N4/c1-9-3-6-16(8-10(9)2)12-11(7-13)14-4-5-15-12/h4-5H,3,6,8H2,1-2H3. The molecule has 0 saturated carbocycles. The molecule has 0 spiro atoms. The topological polar surface area (TPSA) is 52.8 Å². The Morgan fingerprint density at radius 3 is 2.69 bits per heavy atom. The maximum absolute atomic E-state index is 8.98. The number of hydrogen-bond donors (Lipinski definition) is 0. The van der Waals surface area contributed by atoms with E-state index in [4.69, 9.17) is 5.26 Å². The van der Waals surface area contributed by atoms with Gasteiger partial charge in [-0.25, -0.2) is 9.97 Å². The van der Waals surface area contributed by atoms with Gasteiger partial charge in [-0.05, 0) is 20.3 Å². The molecule has 2 rings (SSSR count). The largest absolute Gasteiger partial charge is 0.350 e. The Balaban J connectivity index is 2.30. The first-order valence-electron chi connectivity index (χ1n) is 5.33. The molecule has 0 saturated heterocycles. The maximum Gasteiger partial charge on any atom is 0.183 e. The molecule has 0 aliphatic carbocycles. The Hall–Kier alpha value is -1.89. The van der Waals surface area contributed by atoms with Gasteiger partial charge in [0.25, 0.3) is 0 Å². The minimum Gasteiger partial charge on any atom is -0.350 e. The van der Waals surface area contributed by atoms with Crippen LogP contribution in [0.4, 0.5) is 5.82 Å². The summed E-state index contributed by atoms with van der Waals surface area (Å²) >= 11 is 0. The number of rotatable bonds is 1. The maximum atomic E-state index is 8.98. The predicted octanol–water partition coefficient (Wildman–Crippen LogP) is 1.89. The lowest BCUT2D eigenvalue weighted by Crippen LogP contribution is -2.32.